The van der Waals surface area contributed by atoms with E-state index in [0.717, 1.165) is 16.7 Å². The molecule has 0 radical (unpaired) electrons. The Labute approximate surface area is 144 Å². The lowest BCUT2D eigenvalue weighted by molar-refractivity contribution is 0.0703. The van der Waals surface area contributed by atoms with E-state index in [9.17, 15) is 15.0 Å². The molecule has 0 unspecified atom stereocenters. The van der Waals surface area contributed by atoms with E-state index >= 15 is 0 Å². The second-order valence-corrected chi connectivity index (χ2v) is 6.12. The molecule has 25 heavy (non-hydrogen) atoms. The minimum atomic E-state index is -0.180. The van der Waals surface area contributed by atoms with Gasteiger partial charge in [-0.15, -0.1) is 0 Å². The third-order valence-corrected chi connectivity index (χ3v) is 4.47. The molecule has 0 spiro atoms. The fourth-order valence-electron chi connectivity index (χ4n) is 3.12. The molecule has 0 atom stereocenters. The lowest BCUT2D eigenvalue weighted by Crippen LogP contribution is -2.35. The van der Waals surface area contributed by atoms with Crippen molar-refractivity contribution in [2.75, 3.05) is 6.54 Å². The number of furan rings is 1. The van der Waals surface area contributed by atoms with Gasteiger partial charge in [-0.2, -0.15) is 0 Å². The van der Waals surface area contributed by atoms with E-state index in [0.29, 0.717) is 31.0 Å². The molecule has 0 saturated carbocycles. The van der Waals surface area contributed by atoms with E-state index in [4.69, 9.17) is 4.42 Å². The summed E-state index contributed by atoms with van der Waals surface area (Å²) in [5, 5.41) is 19.3. The van der Waals surface area contributed by atoms with Gasteiger partial charge in [0, 0.05) is 18.7 Å². The highest BCUT2D eigenvalue weighted by Gasteiger charge is 2.25. The summed E-state index contributed by atoms with van der Waals surface area (Å²) in [6.45, 7) is 0.917. The Morgan fingerprint density at radius 3 is 2.44 bits per heavy atom. The lowest BCUT2D eigenvalue weighted by atomic mass is 9.98. The van der Waals surface area contributed by atoms with Gasteiger partial charge < -0.3 is 19.5 Å². The molecule has 0 aliphatic carbocycles. The minimum Gasteiger partial charge on any atom is -0.504 e. The number of rotatable bonds is 2. The largest absolute Gasteiger partial charge is 0.504 e. The van der Waals surface area contributed by atoms with Gasteiger partial charge in [-0.3, -0.25) is 4.79 Å². The molecule has 2 heterocycles. The van der Waals surface area contributed by atoms with Gasteiger partial charge >= 0.3 is 0 Å². The smallest absolute Gasteiger partial charge is 0.289 e. The Balaban J connectivity index is 1.56. The van der Waals surface area contributed by atoms with E-state index in [2.05, 4.69) is 0 Å². The highest BCUT2D eigenvalue weighted by molar-refractivity contribution is 5.92. The Hall–Kier alpha value is -3.21. The first-order valence-electron chi connectivity index (χ1n) is 8.10. The van der Waals surface area contributed by atoms with Crippen molar-refractivity contribution >= 4 is 5.91 Å². The van der Waals surface area contributed by atoms with Crippen LogP contribution >= 0.6 is 0 Å². The van der Waals surface area contributed by atoms with Crippen LogP contribution in [0.4, 0.5) is 0 Å². The van der Waals surface area contributed by atoms with Crippen LogP contribution in [0, 0.1) is 0 Å². The molecule has 0 saturated heterocycles. The number of phenols is 2. The number of hydrogen-bond donors (Lipinski definition) is 2. The predicted octanol–water partition coefficient (Wildman–Crippen LogP) is 3.56. The number of carbonyl (C=O) groups is 1. The van der Waals surface area contributed by atoms with Gasteiger partial charge in [0.1, 0.15) is 5.76 Å². The van der Waals surface area contributed by atoms with Crippen molar-refractivity contribution in [3.05, 3.63) is 71.5 Å². The quantitative estimate of drug-likeness (QED) is 0.702. The van der Waals surface area contributed by atoms with Crippen LogP contribution in [0.3, 0.4) is 0 Å². The first-order valence-corrected chi connectivity index (χ1v) is 8.10. The van der Waals surface area contributed by atoms with Crippen molar-refractivity contribution in [2.45, 2.75) is 13.0 Å². The summed E-state index contributed by atoms with van der Waals surface area (Å²) < 4.78 is 5.73. The highest BCUT2D eigenvalue weighted by atomic mass is 16.4. The molecular weight excluding hydrogens is 318 g/mol. The molecule has 5 nitrogen and oxygen atoms in total. The molecule has 126 valence electrons. The number of phenolic OH excluding ortho intramolecular Hbond substituents is 2. The van der Waals surface area contributed by atoms with Gasteiger partial charge in [0.2, 0.25) is 0 Å². The lowest BCUT2D eigenvalue weighted by Gasteiger charge is -2.28. The second-order valence-electron chi connectivity index (χ2n) is 6.12. The van der Waals surface area contributed by atoms with Gasteiger partial charge in [-0.05, 0) is 41.8 Å². The minimum absolute atomic E-state index is 0.128. The topological polar surface area (TPSA) is 73.9 Å². The molecule has 0 fully saturated rings. The average Bonchev–Trinajstić information content (AvgIpc) is 3.12. The number of aromatic hydroxyl groups is 2. The third-order valence-electron chi connectivity index (χ3n) is 4.47. The second kappa shape index (κ2) is 6.02. The first-order chi connectivity index (χ1) is 12.1. The van der Waals surface area contributed by atoms with Crippen molar-refractivity contribution in [1.82, 2.24) is 4.90 Å². The van der Waals surface area contributed by atoms with Crippen LogP contribution in [-0.4, -0.2) is 27.6 Å². The Morgan fingerprint density at radius 1 is 0.960 bits per heavy atom. The van der Waals surface area contributed by atoms with E-state index in [1.54, 1.807) is 23.1 Å². The average molecular weight is 335 g/mol. The Kier molecular flexibility index (Phi) is 3.69. The first kappa shape index (κ1) is 15.3. The molecule has 1 aromatic heterocycles. The number of carbonyl (C=O) groups excluding carboxylic acids is 1. The fraction of sp³-hybridized carbons (Fsp3) is 0.150. The standard InChI is InChI=1S/C20H17NO4/c22-16-10-14-8-9-21(12-15(14)11-17(16)23)20(24)19-7-6-18(25-19)13-4-2-1-3-5-13/h1-7,10-11,22-23H,8-9,12H2. The number of benzene rings is 2. The van der Waals surface area contributed by atoms with Crippen LogP contribution in [0.5, 0.6) is 11.5 Å². The highest BCUT2D eigenvalue weighted by Crippen LogP contribution is 2.32. The van der Waals surface area contributed by atoms with Gasteiger partial charge in [0.05, 0.1) is 0 Å². The maximum atomic E-state index is 12.7. The van der Waals surface area contributed by atoms with Gasteiger partial charge in [-0.1, -0.05) is 30.3 Å². The normalized spacial score (nSPS) is 13.5. The molecule has 4 rings (SSSR count). The molecule has 1 amide bonds. The van der Waals surface area contributed by atoms with Crippen molar-refractivity contribution < 1.29 is 19.4 Å². The van der Waals surface area contributed by atoms with Gasteiger partial charge in [0.25, 0.3) is 5.91 Å². The van der Waals surface area contributed by atoms with Crippen LogP contribution in [0.2, 0.25) is 0 Å². The maximum Gasteiger partial charge on any atom is 0.289 e. The number of fused-ring (bicyclic) bond motifs is 1. The van der Waals surface area contributed by atoms with Crippen LogP contribution in [-0.2, 0) is 13.0 Å². The Morgan fingerprint density at radius 2 is 1.68 bits per heavy atom. The van der Waals surface area contributed by atoms with Crippen LogP contribution in [0.25, 0.3) is 11.3 Å². The van der Waals surface area contributed by atoms with Crippen molar-refractivity contribution in [3.63, 3.8) is 0 Å². The third kappa shape index (κ3) is 2.85. The molecule has 3 aromatic rings. The van der Waals surface area contributed by atoms with Gasteiger partial charge in [-0.25, -0.2) is 0 Å². The van der Waals surface area contributed by atoms with Crippen molar-refractivity contribution in [1.29, 1.82) is 0 Å². The fourth-order valence-corrected chi connectivity index (χ4v) is 3.12. The maximum absolute atomic E-state index is 12.7. The van der Waals surface area contributed by atoms with Crippen molar-refractivity contribution in [3.8, 4) is 22.8 Å². The number of hydrogen-bond acceptors (Lipinski definition) is 4. The SMILES string of the molecule is O=C(c1ccc(-c2ccccc2)o1)N1CCc2cc(O)c(O)cc2C1. The number of nitrogens with zero attached hydrogens (tertiary/aromatic N) is 1. The van der Waals surface area contributed by atoms with E-state index in [1.807, 2.05) is 30.3 Å². The summed E-state index contributed by atoms with van der Waals surface area (Å²) in [5.74, 6) is 0.476. The molecule has 5 heteroatoms. The zero-order valence-electron chi connectivity index (χ0n) is 13.5. The molecule has 2 aromatic carbocycles. The number of amides is 1. The zero-order chi connectivity index (χ0) is 17.4. The summed E-state index contributed by atoms with van der Waals surface area (Å²) in [7, 11) is 0. The van der Waals surface area contributed by atoms with Crippen LogP contribution in [0.1, 0.15) is 21.7 Å². The van der Waals surface area contributed by atoms with Crippen molar-refractivity contribution in [2.24, 2.45) is 0 Å². The molecular formula is C20H17NO4. The van der Waals surface area contributed by atoms with E-state index in [1.165, 1.54) is 6.07 Å². The van der Waals surface area contributed by atoms with Gasteiger partial charge in [0.15, 0.2) is 17.3 Å². The molecule has 1 aliphatic rings. The van der Waals surface area contributed by atoms with Crippen LogP contribution in [0.15, 0.2) is 59.0 Å². The monoisotopic (exact) mass is 335 g/mol. The summed E-state index contributed by atoms with van der Waals surface area (Å²) in [6, 6.07) is 16.2. The van der Waals surface area contributed by atoms with E-state index in [-0.39, 0.29) is 17.4 Å². The van der Waals surface area contributed by atoms with E-state index < -0.39 is 0 Å². The summed E-state index contributed by atoms with van der Waals surface area (Å²) >= 11 is 0. The molecule has 1 aliphatic heterocycles. The predicted molar refractivity (Wildman–Crippen MR) is 92.4 cm³/mol. The summed E-state index contributed by atoms with van der Waals surface area (Å²) in [4.78, 5) is 14.4. The summed E-state index contributed by atoms with van der Waals surface area (Å²) in [6.07, 6.45) is 0.626. The summed E-state index contributed by atoms with van der Waals surface area (Å²) in [5.41, 5.74) is 2.71. The van der Waals surface area contributed by atoms with Crippen LogP contribution < -0.4 is 0 Å². The molecule has 0 bridgehead atoms. The molecule has 2 N–H and O–H groups in total. The zero-order valence-corrected chi connectivity index (χ0v) is 13.5. The Bertz CT molecular complexity index is 930.